The van der Waals surface area contributed by atoms with Crippen molar-refractivity contribution in [3.63, 3.8) is 0 Å². The fourth-order valence-electron chi connectivity index (χ4n) is 2.39. The zero-order valence-corrected chi connectivity index (χ0v) is 13.6. The second-order valence-electron chi connectivity index (χ2n) is 5.39. The molecule has 2 aromatic rings. The summed E-state index contributed by atoms with van der Waals surface area (Å²) >= 11 is 1.85. The van der Waals surface area contributed by atoms with Gasteiger partial charge in [0.05, 0.1) is 11.6 Å². The first-order valence-corrected chi connectivity index (χ1v) is 8.31. The standard InChI is InChI=1S/C17H25NOS/c1-4-5-6-9-12-19-13-15-14-10-7-8-11-16(14)20-17(15)18(2)3/h7-8,10-11H,4-6,9,12-13H2,1-3H3. The molecule has 0 aliphatic rings. The van der Waals surface area contributed by atoms with Crippen LogP contribution in [0.1, 0.15) is 38.2 Å². The minimum Gasteiger partial charge on any atom is -0.377 e. The van der Waals surface area contributed by atoms with Crippen molar-refractivity contribution in [1.82, 2.24) is 0 Å². The average molecular weight is 291 g/mol. The summed E-state index contributed by atoms with van der Waals surface area (Å²) in [6.45, 7) is 3.84. The third-order valence-electron chi connectivity index (χ3n) is 3.47. The first-order valence-electron chi connectivity index (χ1n) is 7.49. The molecule has 0 spiro atoms. The first kappa shape index (κ1) is 15.3. The van der Waals surface area contributed by atoms with Crippen LogP contribution in [0.5, 0.6) is 0 Å². The van der Waals surface area contributed by atoms with Crippen molar-refractivity contribution in [3.8, 4) is 0 Å². The highest BCUT2D eigenvalue weighted by atomic mass is 32.1. The molecular formula is C17H25NOS. The van der Waals surface area contributed by atoms with Crippen molar-refractivity contribution in [3.05, 3.63) is 29.8 Å². The Morgan fingerprint density at radius 3 is 2.65 bits per heavy atom. The van der Waals surface area contributed by atoms with Crippen LogP contribution >= 0.6 is 11.3 Å². The molecular weight excluding hydrogens is 266 g/mol. The predicted octanol–water partition coefficient (Wildman–Crippen LogP) is 5.06. The Labute approximate surface area is 126 Å². The molecule has 2 nitrogen and oxygen atoms in total. The molecule has 0 amide bonds. The molecule has 1 aromatic carbocycles. The maximum Gasteiger partial charge on any atom is 0.0971 e. The molecule has 20 heavy (non-hydrogen) atoms. The lowest BCUT2D eigenvalue weighted by molar-refractivity contribution is 0.118. The number of thiophene rings is 1. The van der Waals surface area contributed by atoms with E-state index in [9.17, 15) is 0 Å². The van der Waals surface area contributed by atoms with Gasteiger partial charge in [0.2, 0.25) is 0 Å². The van der Waals surface area contributed by atoms with Crippen molar-refractivity contribution < 1.29 is 4.74 Å². The van der Waals surface area contributed by atoms with Gasteiger partial charge >= 0.3 is 0 Å². The van der Waals surface area contributed by atoms with E-state index in [2.05, 4.69) is 50.2 Å². The Morgan fingerprint density at radius 1 is 1.10 bits per heavy atom. The largest absolute Gasteiger partial charge is 0.377 e. The third kappa shape index (κ3) is 3.74. The van der Waals surface area contributed by atoms with E-state index in [-0.39, 0.29) is 0 Å². The van der Waals surface area contributed by atoms with Crippen LogP contribution in [0.3, 0.4) is 0 Å². The van der Waals surface area contributed by atoms with Crippen molar-refractivity contribution >= 4 is 26.4 Å². The van der Waals surface area contributed by atoms with Gasteiger partial charge < -0.3 is 9.64 Å². The molecule has 0 atom stereocenters. The van der Waals surface area contributed by atoms with Crippen LogP contribution in [0.2, 0.25) is 0 Å². The summed E-state index contributed by atoms with van der Waals surface area (Å²) < 4.78 is 7.25. The van der Waals surface area contributed by atoms with E-state index in [0.29, 0.717) is 0 Å². The number of benzene rings is 1. The number of rotatable bonds is 8. The number of hydrogen-bond donors (Lipinski definition) is 0. The molecule has 0 aliphatic heterocycles. The average Bonchev–Trinajstić information content (AvgIpc) is 2.82. The zero-order valence-electron chi connectivity index (χ0n) is 12.8. The molecule has 0 bridgehead atoms. The van der Waals surface area contributed by atoms with E-state index in [1.165, 1.54) is 46.3 Å². The van der Waals surface area contributed by atoms with Crippen molar-refractivity contribution in [2.75, 3.05) is 25.6 Å². The number of anilines is 1. The van der Waals surface area contributed by atoms with Gasteiger partial charge in [-0.3, -0.25) is 0 Å². The number of nitrogens with zero attached hydrogens (tertiary/aromatic N) is 1. The molecule has 1 heterocycles. The molecule has 3 heteroatoms. The minimum absolute atomic E-state index is 0.726. The van der Waals surface area contributed by atoms with Crippen LogP contribution in [-0.4, -0.2) is 20.7 Å². The van der Waals surface area contributed by atoms with Gasteiger partial charge in [-0.15, -0.1) is 11.3 Å². The van der Waals surface area contributed by atoms with Crippen LogP contribution < -0.4 is 4.90 Å². The van der Waals surface area contributed by atoms with Crippen LogP contribution in [0.15, 0.2) is 24.3 Å². The van der Waals surface area contributed by atoms with E-state index in [0.717, 1.165) is 13.2 Å². The van der Waals surface area contributed by atoms with Crippen LogP contribution in [-0.2, 0) is 11.3 Å². The zero-order chi connectivity index (χ0) is 14.4. The van der Waals surface area contributed by atoms with Crippen molar-refractivity contribution in [1.29, 1.82) is 0 Å². The van der Waals surface area contributed by atoms with Gasteiger partial charge in [-0.2, -0.15) is 0 Å². The Bertz CT molecular complexity index is 533. The molecule has 2 rings (SSSR count). The van der Waals surface area contributed by atoms with Gasteiger partial charge in [0, 0.05) is 36.4 Å². The Morgan fingerprint density at radius 2 is 1.90 bits per heavy atom. The van der Waals surface area contributed by atoms with Gasteiger partial charge in [0.25, 0.3) is 0 Å². The van der Waals surface area contributed by atoms with Crippen LogP contribution in [0.4, 0.5) is 5.00 Å². The minimum atomic E-state index is 0.726. The summed E-state index contributed by atoms with van der Waals surface area (Å²) in [6.07, 6.45) is 5.04. The third-order valence-corrected chi connectivity index (χ3v) is 4.85. The SMILES string of the molecule is CCCCCCOCc1c(N(C)C)sc2ccccc12. The normalized spacial score (nSPS) is 11.2. The Balaban J connectivity index is 2.02. The van der Waals surface area contributed by atoms with E-state index in [1.807, 2.05) is 11.3 Å². The van der Waals surface area contributed by atoms with E-state index < -0.39 is 0 Å². The molecule has 0 fully saturated rings. The summed E-state index contributed by atoms with van der Waals surface area (Å²) in [5.41, 5.74) is 1.34. The number of fused-ring (bicyclic) bond motifs is 1. The predicted molar refractivity (Wildman–Crippen MR) is 90.0 cm³/mol. The van der Waals surface area contributed by atoms with E-state index in [4.69, 9.17) is 4.74 Å². The molecule has 0 aliphatic carbocycles. The molecule has 0 saturated carbocycles. The van der Waals surface area contributed by atoms with Gasteiger partial charge in [0.15, 0.2) is 0 Å². The van der Waals surface area contributed by atoms with Crippen molar-refractivity contribution in [2.24, 2.45) is 0 Å². The lowest BCUT2D eigenvalue weighted by atomic mass is 10.1. The highest BCUT2D eigenvalue weighted by Gasteiger charge is 2.13. The maximum atomic E-state index is 5.90. The molecule has 110 valence electrons. The Kier molecular flexibility index (Phi) is 5.86. The Hall–Kier alpha value is -1.06. The first-order chi connectivity index (χ1) is 9.74. The molecule has 0 saturated heterocycles. The second kappa shape index (κ2) is 7.65. The monoisotopic (exact) mass is 291 g/mol. The second-order valence-corrected chi connectivity index (χ2v) is 6.42. The summed E-state index contributed by atoms with van der Waals surface area (Å²) in [5, 5.41) is 2.66. The quantitative estimate of drug-likeness (QED) is 0.630. The highest BCUT2D eigenvalue weighted by Crippen LogP contribution is 2.37. The molecule has 1 aromatic heterocycles. The van der Waals surface area contributed by atoms with Gasteiger partial charge in [-0.1, -0.05) is 44.4 Å². The fourth-order valence-corrected chi connectivity index (χ4v) is 3.52. The molecule has 0 unspecified atom stereocenters. The van der Waals surface area contributed by atoms with Gasteiger partial charge in [-0.25, -0.2) is 0 Å². The summed E-state index contributed by atoms with van der Waals surface area (Å²) in [7, 11) is 4.21. The highest BCUT2D eigenvalue weighted by molar-refractivity contribution is 7.23. The summed E-state index contributed by atoms with van der Waals surface area (Å²) in [5.74, 6) is 0. The molecule has 0 radical (unpaired) electrons. The van der Waals surface area contributed by atoms with Crippen LogP contribution in [0, 0.1) is 0 Å². The number of unbranched alkanes of at least 4 members (excludes halogenated alkanes) is 3. The number of hydrogen-bond acceptors (Lipinski definition) is 3. The molecule has 0 N–H and O–H groups in total. The fraction of sp³-hybridized carbons (Fsp3) is 0.529. The van der Waals surface area contributed by atoms with E-state index in [1.54, 1.807) is 0 Å². The summed E-state index contributed by atoms with van der Waals surface area (Å²) in [4.78, 5) is 2.19. The topological polar surface area (TPSA) is 12.5 Å². The lowest BCUT2D eigenvalue weighted by Gasteiger charge is -2.13. The number of ether oxygens (including phenoxy) is 1. The van der Waals surface area contributed by atoms with Gasteiger partial charge in [0.1, 0.15) is 0 Å². The maximum absolute atomic E-state index is 5.90. The smallest absolute Gasteiger partial charge is 0.0971 e. The van der Waals surface area contributed by atoms with Crippen molar-refractivity contribution in [2.45, 2.75) is 39.2 Å². The summed E-state index contributed by atoms with van der Waals surface area (Å²) in [6, 6.07) is 8.61. The lowest BCUT2D eigenvalue weighted by Crippen LogP contribution is -2.09. The van der Waals surface area contributed by atoms with Crippen LogP contribution in [0.25, 0.3) is 10.1 Å². The van der Waals surface area contributed by atoms with Gasteiger partial charge in [-0.05, 0) is 12.5 Å². The van der Waals surface area contributed by atoms with E-state index >= 15 is 0 Å².